The number of benzene rings is 1. The van der Waals surface area contributed by atoms with Gasteiger partial charge in [-0.1, -0.05) is 0 Å². The van der Waals surface area contributed by atoms with Crippen LogP contribution in [0.1, 0.15) is 10.4 Å². The van der Waals surface area contributed by atoms with Gasteiger partial charge in [-0.2, -0.15) is 0 Å². The van der Waals surface area contributed by atoms with Gasteiger partial charge >= 0.3 is 5.97 Å². The van der Waals surface area contributed by atoms with Gasteiger partial charge in [-0.3, -0.25) is 0 Å². The molecule has 14 nitrogen and oxygen atoms in total. The zero-order valence-electron chi connectivity index (χ0n) is 20.6. The second-order valence-corrected chi connectivity index (χ2v) is 9.30. The van der Waals surface area contributed by atoms with Crippen molar-refractivity contribution in [3.63, 3.8) is 0 Å². The van der Waals surface area contributed by atoms with Gasteiger partial charge in [-0.05, 0) is 24.3 Å². The highest BCUT2D eigenvalue weighted by Crippen LogP contribution is 2.48. The molecule has 1 aromatic rings. The van der Waals surface area contributed by atoms with Crippen molar-refractivity contribution in [3.8, 4) is 11.5 Å². The highest BCUT2D eigenvalue weighted by atomic mass is 16.8. The summed E-state index contributed by atoms with van der Waals surface area (Å²) in [5.41, 5.74) is -2.23. The fourth-order valence-electron chi connectivity index (χ4n) is 5.10. The van der Waals surface area contributed by atoms with E-state index >= 15 is 0 Å². The minimum absolute atomic E-state index is 0.0657. The molecule has 0 bridgehead atoms. The van der Waals surface area contributed by atoms with E-state index in [0.29, 0.717) is 5.75 Å². The summed E-state index contributed by atoms with van der Waals surface area (Å²) in [6.07, 6.45) is -10.1. The predicted molar refractivity (Wildman–Crippen MR) is 123 cm³/mol. The third-order valence-electron chi connectivity index (χ3n) is 7.23. The summed E-state index contributed by atoms with van der Waals surface area (Å²) in [4.78, 5) is 13.0. The van der Waals surface area contributed by atoms with E-state index in [4.69, 9.17) is 28.4 Å². The van der Waals surface area contributed by atoms with Gasteiger partial charge in [0.1, 0.15) is 42.2 Å². The second kappa shape index (κ2) is 11.3. The smallest absolute Gasteiger partial charge is 0.338 e. The molecule has 3 aliphatic rings. The molecule has 1 saturated carbocycles. The van der Waals surface area contributed by atoms with Crippen LogP contribution >= 0.6 is 0 Å². The van der Waals surface area contributed by atoms with Crippen LogP contribution in [0.5, 0.6) is 11.5 Å². The van der Waals surface area contributed by atoms with Gasteiger partial charge in [0.15, 0.2) is 17.8 Å². The molecule has 4 rings (SSSR count). The van der Waals surface area contributed by atoms with Gasteiger partial charge in [-0.15, -0.1) is 0 Å². The third-order valence-corrected chi connectivity index (χ3v) is 7.23. The fourth-order valence-corrected chi connectivity index (χ4v) is 5.10. The lowest BCUT2D eigenvalue weighted by atomic mass is 9.83. The first kappa shape index (κ1) is 28.5. The first-order valence-corrected chi connectivity index (χ1v) is 11.8. The van der Waals surface area contributed by atoms with E-state index in [2.05, 4.69) is 0 Å². The molecule has 2 aliphatic heterocycles. The maximum Gasteiger partial charge on any atom is 0.338 e. The molecule has 1 aromatic carbocycles. The zero-order valence-corrected chi connectivity index (χ0v) is 20.6. The Balaban J connectivity index is 1.57. The van der Waals surface area contributed by atoms with E-state index in [1.54, 1.807) is 0 Å². The average Bonchev–Trinajstić information content (AvgIpc) is 3.15. The van der Waals surface area contributed by atoms with Crippen LogP contribution in [-0.4, -0.2) is 124 Å². The molecule has 11 atom stereocenters. The van der Waals surface area contributed by atoms with Crippen LogP contribution in [0.25, 0.3) is 0 Å². The molecule has 0 aromatic heterocycles. The molecular formula is C24H32O14. The van der Waals surface area contributed by atoms with Crippen LogP contribution in [0.2, 0.25) is 0 Å². The number of ether oxygens (including phenoxy) is 6. The summed E-state index contributed by atoms with van der Waals surface area (Å²) in [6.45, 7) is -1.68. The molecule has 212 valence electrons. The number of esters is 1. The molecule has 0 radical (unpaired) electrons. The Hall–Kier alpha value is -2.53. The number of hydrogen-bond donors (Lipinski definition) is 7. The Morgan fingerprint density at radius 1 is 1.00 bits per heavy atom. The Morgan fingerprint density at radius 2 is 1.71 bits per heavy atom. The lowest BCUT2D eigenvalue weighted by molar-refractivity contribution is -0.348. The van der Waals surface area contributed by atoms with Gasteiger partial charge in [0.2, 0.25) is 6.29 Å². The molecule has 2 heterocycles. The third kappa shape index (κ3) is 4.83. The Bertz CT molecular complexity index is 1020. The number of aliphatic hydroxyl groups is 7. The molecule has 38 heavy (non-hydrogen) atoms. The van der Waals surface area contributed by atoms with E-state index in [0.717, 1.165) is 0 Å². The highest BCUT2D eigenvalue weighted by Gasteiger charge is 2.65. The molecule has 1 aliphatic carbocycles. The summed E-state index contributed by atoms with van der Waals surface area (Å²) < 4.78 is 32.4. The van der Waals surface area contributed by atoms with Gasteiger partial charge in [0.25, 0.3) is 0 Å². The van der Waals surface area contributed by atoms with Gasteiger partial charge in [0.05, 0.1) is 45.2 Å². The van der Waals surface area contributed by atoms with E-state index in [1.807, 2.05) is 0 Å². The summed E-state index contributed by atoms with van der Waals surface area (Å²) in [5.74, 6) is -2.40. The number of carbonyl (C=O) groups excluding carboxylic acids is 1. The van der Waals surface area contributed by atoms with Crippen molar-refractivity contribution in [2.75, 3.05) is 27.4 Å². The Labute approximate surface area is 217 Å². The monoisotopic (exact) mass is 544 g/mol. The van der Waals surface area contributed by atoms with Crippen molar-refractivity contribution >= 4 is 5.97 Å². The molecule has 14 heteroatoms. The summed E-state index contributed by atoms with van der Waals surface area (Å²) in [6, 6.07) is 4.29. The van der Waals surface area contributed by atoms with Crippen LogP contribution in [0.15, 0.2) is 30.5 Å². The summed E-state index contributed by atoms with van der Waals surface area (Å²) in [5, 5.41) is 72.2. The first-order valence-electron chi connectivity index (χ1n) is 11.8. The molecule has 11 unspecified atom stereocenters. The zero-order chi connectivity index (χ0) is 27.8. The van der Waals surface area contributed by atoms with Crippen LogP contribution in [0.4, 0.5) is 0 Å². The topological polar surface area (TPSA) is 214 Å². The number of fused-ring (bicyclic) bond motifs is 1. The van der Waals surface area contributed by atoms with Crippen LogP contribution in [0, 0.1) is 11.8 Å². The number of aliphatic hydroxyl groups excluding tert-OH is 6. The normalized spacial score (nSPS) is 40.2. The second-order valence-electron chi connectivity index (χ2n) is 9.30. The summed E-state index contributed by atoms with van der Waals surface area (Å²) in [7, 11) is 2.82. The molecule has 1 saturated heterocycles. The van der Waals surface area contributed by atoms with E-state index in [1.165, 1.54) is 44.8 Å². The first-order chi connectivity index (χ1) is 18.1. The average molecular weight is 545 g/mol. The lowest BCUT2D eigenvalue weighted by Crippen LogP contribution is -2.61. The van der Waals surface area contributed by atoms with Crippen molar-refractivity contribution < 1.29 is 69.0 Å². The van der Waals surface area contributed by atoms with Crippen LogP contribution < -0.4 is 9.47 Å². The van der Waals surface area contributed by atoms with Gasteiger partial charge in [0, 0.05) is 5.92 Å². The van der Waals surface area contributed by atoms with E-state index in [9.17, 15) is 40.5 Å². The van der Waals surface area contributed by atoms with Crippen molar-refractivity contribution in [1.29, 1.82) is 0 Å². The van der Waals surface area contributed by atoms with Crippen LogP contribution in [0.3, 0.4) is 0 Å². The van der Waals surface area contributed by atoms with Gasteiger partial charge < -0.3 is 64.2 Å². The molecule has 0 spiro atoms. The van der Waals surface area contributed by atoms with Crippen molar-refractivity contribution in [1.82, 2.24) is 0 Å². The Kier molecular flexibility index (Phi) is 8.46. The molecule has 0 amide bonds. The molecule has 7 N–H and O–H groups in total. The number of hydrogen-bond acceptors (Lipinski definition) is 14. The van der Waals surface area contributed by atoms with E-state index in [-0.39, 0.29) is 11.3 Å². The number of rotatable bonds is 8. The molecular weight excluding hydrogens is 512 g/mol. The number of methoxy groups -OCH3 is 2. The van der Waals surface area contributed by atoms with Crippen molar-refractivity contribution in [3.05, 3.63) is 36.1 Å². The SMILES string of the molecule is COc1ccc(C(=O)OC2C3C=COC(OC4OC(CO)C(O)C(O)C4O)C3C(O)(CO)C2O)cc1OC. The van der Waals surface area contributed by atoms with Crippen LogP contribution in [-0.2, 0) is 18.9 Å². The maximum atomic E-state index is 13.0. The minimum Gasteiger partial charge on any atom is -0.493 e. The standard InChI is InChI=1S/C24H32O14/c1-33-12-4-3-10(7-13(12)34-2)21(31)37-19-11-5-6-35-22(15(11)24(32,9-26)20(19)30)38-23-18(29)17(28)16(27)14(8-25)36-23/h3-7,11,14-20,22-23,25-30,32H,8-9H2,1-2H3. The maximum absolute atomic E-state index is 13.0. The van der Waals surface area contributed by atoms with Crippen molar-refractivity contribution in [2.45, 2.75) is 54.8 Å². The predicted octanol–water partition coefficient (Wildman–Crippen LogP) is -2.75. The quantitative estimate of drug-likeness (QED) is 0.165. The van der Waals surface area contributed by atoms with Gasteiger partial charge in [-0.25, -0.2) is 4.79 Å². The minimum atomic E-state index is -2.29. The lowest BCUT2D eigenvalue weighted by Gasteiger charge is -2.43. The largest absolute Gasteiger partial charge is 0.493 e. The number of carbonyl (C=O) groups is 1. The highest BCUT2D eigenvalue weighted by molar-refractivity contribution is 5.90. The molecule has 2 fully saturated rings. The fraction of sp³-hybridized carbons (Fsp3) is 0.625. The van der Waals surface area contributed by atoms with E-state index < -0.39 is 85.8 Å². The van der Waals surface area contributed by atoms with Crippen molar-refractivity contribution in [2.24, 2.45) is 11.8 Å². The Morgan fingerprint density at radius 3 is 2.34 bits per heavy atom. The summed E-state index contributed by atoms with van der Waals surface area (Å²) >= 11 is 0.